The lowest BCUT2D eigenvalue weighted by atomic mass is 9.99. The summed E-state index contributed by atoms with van der Waals surface area (Å²) < 4.78 is 5.50. The van der Waals surface area contributed by atoms with Crippen LogP contribution in [0.3, 0.4) is 0 Å². The maximum atomic E-state index is 12.8. The molecule has 0 aromatic heterocycles. The lowest BCUT2D eigenvalue weighted by Gasteiger charge is -2.24. The fourth-order valence-electron chi connectivity index (χ4n) is 3.29. The molecule has 0 bridgehead atoms. The summed E-state index contributed by atoms with van der Waals surface area (Å²) in [6, 6.07) is 6.10. The predicted molar refractivity (Wildman–Crippen MR) is 103 cm³/mol. The summed E-state index contributed by atoms with van der Waals surface area (Å²) in [5.41, 5.74) is 2.12. The van der Waals surface area contributed by atoms with Crippen LogP contribution in [-0.2, 0) is 16.0 Å². The summed E-state index contributed by atoms with van der Waals surface area (Å²) in [6.45, 7) is 10.8. The molecule has 2 amide bonds. The molecule has 0 N–H and O–H groups in total. The Hall–Kier alpha value is -2.04. The Bertz CT molecular complexity index is 640. The van der Waals surface area contributed by atoms with Crippen molar-refractivity contribution >= 4 is 11.8 Å². The molecule has 1 fully saturated rings. The Labute approximate surface area is 157 Å². The van der Waals surface area contributed by atoms with Crippen molar-refractivity contribution in [3.63, 3.8) is 0 Å². The maximum absolute atomic E-state index is 12.8. The monoisotopic (exact) mass is 360 g/mol. The molecule has 1 heterocycles. The predicted octanol–water partition coefficient (Wildman–Crippen LogP) is 3.08. The van der Waals surface area contributed by atoms with Crippen LogP contribution in [-0.4, -0.2) is 54.9 Å². The van der Waals surface area contributed by atoms with Gasteiger partial charge >= 0.3 is 0 Å². The summed E-state index contributed by atoms with van der Waals surface area (Å²) in [7, 11) is 1.65. The second-order valence-corrected chi connectivity index (χ2v) is 7.62. The Balaban J connectivity index is 2.03. The molecule has 144 valence electrons. The first-order valence-electron chi connectivity index (χ1n) is 9.56. The Morgan fingerprint density at radius 2 is 1.69 bits per heavy atom. The lowest BCUT2D eigenvalue weighted by molar-refractivity contribution is -0.135. The third-order valence-electron chi connectivity index (χ3n) is 4.97. The number of carbonyl (C=O) groups is 2. The smallest absolute Gasteiger partial charge is 0.227 e. The van der Waals surface area contributed by atoms with Gasteiger partial charge < -0.3 is 14.5 Å². The van der Waals surface area contributed by atoms with E-state index < -0.39 is 0 Å². The van der Waals surface area contributed by atoms with Crippen LogP contribution < -0.4 is 4.74 Å². The van der Waals surface area contributed by atoms with E-state index in [0.29, 0.717) is 32.0 Å². The van der Waals surface area contributed by atoms with Gasteiger partial charge in [-0.25, -0.2) is 0 Å². The molecule has 26 heavy (non-hydrogen) atoms. The van der Waals surface area contributed by atoms with Gasteiger partial charge in [0.15, 0.2) is 0 Å². The van der Waals surface area contributed by atoms with E-state index in [9.17, 15) is 9.59 Å². The van der Waals surface area contributed by atoms with Crippen molar-refractivity contribution in [3.05, 3.63) is 29.3 Å². The number of methoxy groups -OCH3 is 1. The summed E-state index contributed by atoms with van der Waals surface area (Å²) in [5.74, 6) is 1.46. The molecule has 1 aromatic carbocycles. The highest BCUT2D eigenvalue weighted by Crippen LogP contribution is 2.25. The molecule has 1 saturated heterocycles. The molecule has 1 aliphatic heterocycles. The normalized spacial score (nSPS) is 15.3. The van der Waals surface area contributed by atoms with Gasteiger partial charge in [0, 0.05) is 37.7 Å². The molecule has 5 heteroatoms. The van der Waals surface area contributed by atoms with Gasteiger partial charge in [-0.2, -0.15) is 0 Å². The minimum Gasteiger partial charge on any atom is -0.496 e. The highest BCUT2D eigenvalue weighted by Gasteiger charge is 2.24. The molecule has 1 aliphatic rings. The molecule has 0 aliphatic carbocycles. The van der Waals surface area contributed by atoms with E-state index >= 15 is 0 Å². The number of ether oxygens (including phenoxy) is 1. The van der Waals surface area contributed by atoms with Crippen LogP contribution in [0.4, 0.5) is 0 Å². The van der Waals surface area contributed by atoms with E-state index in [0.717, 1.165) is 24.3 Å². The van der Waals surface area contributed by atoms with Gasteiger partial charge in [0.1, 0.15) is 5.75 Å². The number of benzene rings is 1. The second-order valence-electron chi connectivity index (χ2n) is 7.62. The standard InChI is InChI=1S/C21H32N2O3/c1-15(2)17-7-8-18(19(13-17)26-5)14-20(24)22-9-6-10-23(12-11-22)21(25)16(3)4/h7-8,13,15-16H,6,9-12,14H2,1-5H3. The molecule has 2 rings (SSSR count). The molecular formula is C21H32N2O3. The molecule has 0 radical (unpaired) electrons. The minimum absolute atomic E-state index is 0.000912. The summed E-state index contributed by atoms with van der Waals surface area (Å²) >= 11 is 0. The zero-order chi connectivity index (χ0) is 19.3. The number of hydrogen-bond donors (Lipinski definition) is 0. The van der Waals surface area contributed by atoms with E-state index in [-0.39, 0.29) is 17.7 Å². The third-order valence-corrected chi connectivity index (χ3v) is 4.97. The molecule has 0 unspecified atom stereocenters. The van der Waals surface area contributed by atoms with E-state index in [4.69, 9.17) is 4.74 Å². The first-order valence-corrected chi connectivity index (χ1v) is 9.56. The van der Waals surface area contributed by atoms with Crippen LogP contribution in [0.5, 0.6) is 5.75 Å². The SMILES string of the molecule is COc1cc(C(C)C)ccc1CC(=O)N1CCCN(C(=O)C(C)C)CC1. The number of hydrogen-bond acceptors (Lipinski definition) is 3. The van der Waals surface area contributed by atoms with Gasteiger partial charge in [-0.05, 0) is 24.0 Å². The average molecular weight is 360 g/mol. The highest BCUT2D eigenvalue weighted by atomic mass is 16.5. The van der Waals surface area contributed by atoms with Crippen molar-refractivity contribution in [1.82, 2.24) is 9.80 Å². The highest BCUT2D eigenvalue weighted by molar-refractivity contribution is 5.80. The maximum Gasteiger partial charge on any atom is 0.227 e. The minimum atomic E-state index is 0.000912. The number of nitrogens with zero attached hydrogens (tertiary/aromatic N) is 2. The van der Waals surface area contributed by atoms with E-state index in [1.165, 1.54) is 5.56 Å². The van der Waals surface area contributed by atoms with Crippen LogP contribution in [0.15, 0.2) is 18.2 Å². The zero-order valence-electron chi connectivity index (χ0n) is 16.7. The van der Waals surface area contributed by atoms with Crippen LogP contribution in [0, 0.1) is 5.92 Å². The Morgan fingerprint density at radius 1 is 1.04 bits per heavy atom. The van der Waals surface area contributed by atoms with Crippen molar-refractivity contribution < 1.29 is 14.3 Å². The van der Waals surface area contributed by atoms with Crippen molar-refractivity contribution in [3.8, 4) is 5.75 Å². The molecule has 0 atom stereocenters. The van der Waals surface area contributed by atoms with Gasteiger partial charge in [0.25, 0.3) is 0 Å². The lowest BCUT2D eigenvalue weighted by Crippen LogP contribution is -2.39. The van der Waals surface area contributed by atoms with Crippen molar-refractivity contribution in [2.75, 3.05) is 33.3 Å². The van der Waals surface area contributed by atoms with Crippen LogP contribution in [0.2, 0.25) is 0 Å². The number of carbonyl (C=O) groups excluding carboxylic acids is 2. The quantitative estimate of drug-likeness (QED) is 0.811. The Kier molecular flexibility index (Phi) is 7.06. The molecule has 0 spiro atoms. The first kappa shape index (κ1) is 20.3. The zero-order valence-corrected chi connectivity index (χ0v) is 16.7. The van der Waals surface area contributed by atoms with Crippen LogP contribution in [0.1, 0.15) is 51.2 Å². The van der Waals surface area contributed by atoms with Gasteiger partial charge in [-0.1, -0.05) is 39.8 Å². The van der Waals surface area contributed by atoms with E-state index in [2.05, 4.69) is 19.9 Å². The summed E-state index contributed by atoms with van der Waals surface area (Å²) in [4.78, 5) is 28.7. The molecule has 0 saturated carbocycles. The van der Waals surface area contributed by atoms with Crippen LogP contribution in [0.25, 0.3) is 0 Å². The fourth-order valence-corrected chi connectivity index (χ4v) is 3.29. The second kappa shape index (κ2) is 9.06. The number of amides is 2. The summed E-state index contributed by atoms with van der Waals surface area (Å²) in [6.07, 6.45) is 1.16. The van der Waals surface area contributed by atoms with Crippen LogP contribution >= 0.6 is 0 Å². The molecular weight excluding hydrogens is 328 g/mol. The van der Waals surface area contributed by atoms with Crippen molar-refractivity contribution in [1.29, 1.82) is 0 Å². The average Bonchev–Trinajstić information content (AvgIpc) is 2.87. The summed E-state index contributed by atoms with van der Waals surface area (Å²) in [5, 5.41) is 0. The van der Waals surface area contributed by atoms with Gasteiger partial charge in [0.05, 0.1) is 13.5 Å². The van der Waals surface area contributed by atoms with Crippen molar-refractivity contribution in [2.45, 2.75) is 46.5 Å². The fraction of sp³-hybridized carbons (Fsp3) is 0.619. The molecule has 5 nitrogen and oxygen atoms in total. The Morgan fingerprint density at radius 3 is 2.31 bits per heavy atom. The number of rotatable bonds is 5. The topological polar surface area (TPSA) is 49.9 Å². The van der Waals surface area contributed by atoms with Gasteiger partial charge in [-0.15, -0.1) is 0 Å². The van der Waals surface area contributed by atoms with Gasteiger partial charge in [0.2, 0.25) is 11.8 Å². The molecule has 1 aromatic rings. The van der Waals surface area contributed by atoms with Gasteiger partial charge in [-0.3, -0.25) is 9.59 Å². The van der Waals surface area contributed by atoms with E-state index in [1.54, 1.807) is 7.11 Å². The van der Waals surface area contributed by atoms with Crippen molar-refractivity contribution in [2.24, 2.45) is 5.92 Å². The third kappa shape index (κ3) is 4.99. The van der Waals surface area contributed by atoms with E-state index in [1.807, 2.05) is 35.8 Å². The first-order chi connectivity index (χ1) is 12.3. The largest absolute Gasteiger partial charge is 0.496 e.